The number of hydrogen-bond donors (Lipinski definition) is 1. The van der Waals surface area contributed by atoms with E-state index in [0.29, 0.717) is 13.0 Å². The third-order valence-electron chi connectivity index (χ3n) is 5.54. The molecule has 0 aromatic carbocycles. The van der Waals surface area contributed by atoms with Crippen LogP contribution in [0.5, 0.6) is 0 Å². The molecule has 1 N–H and O–H groups in total. The molecule has 0 aliphatic carbocycles. The van der Waals surface area contributed by atoms with Crippen molar-refractivity contribution in [3.63, 3.8) is 0 Å². The van der Waals surface area contributed by atoms with Crippen molar-refractivity contribution >= 4 is 11.9 Å². The van der Waals surface area contributed by atoms with Crippen LogP contribution < -0.4 is 0 Å². The minimum atomic E-state index is -0.886. The molecule has 4 nitrogen and oxygen atoms in total. The van der Waals surface area contributed by atoms with Gasteiger partial charge in [0.25, 0.3) is 0 Å². The zero-order valence-electron chi connectivity index (χ0n) is 19.8. The van der Waals surface area contributed by atoms with Gasteiger partial charge in [0.1, 0.15) is 0 Å². The first-order valence-corrected chi connectivity index (χ1v) is 12.6. The van der Waals surface area contributed by atoms with Crippen LogP contribution in [0.2, 0.25) is 0 Å². The highest BCUT2D eigenvalue weighted by atomic mass is 16.5. The second-order valence-corrected chi connectivity index (χ2v) is 8.54. The normalized spacial score (nSPS) is 12.3. The summed E-state index contributed by atoms with van der Waals surface area (Å²) in [7, 11) is 0. The summed E-state index contributed by atoms with van der Waals surface area (Å²) in [5.74, 6) is -1.88. The smallest absolute Gasteiger partial charge is 0.307 e. The zero-order valence-corrected chi connectivity index (χ0v) is 19.8. The maximum Gasteiger partial charge on any atom is 0.307 e. The lowest BCUT2D eigenvalue weighted by Crippen LogP contribution is -2.19. The summed E-state index contributed by atoms with van der Waals surface area (Å²) < 4.78 is 5.00. The number of carboxylic acid groups (broad SMARTS) is 1. The van der Waals surface area contributed by atoms with Crippen molar-refractivity contribution < 1.29 is 19.4 Å². The van der Waals surface area contributed by atoms with E-state index in [4.69, 9.17) is 4.74 Å². The van der Waals surface area contributed by atoms with Gasteiger partial charge in [0, 0.05) is 0 Å². The molecule has 0 bridgehead atoms. The van der Waals surface area contributed by atoms with E-state index >= 15 is 0 Å². The summed E-state index contributed by atoms with van der Waals surface area (Å²) in [6, 6.07) is 0. The standard InChI is InChI=1S/C26H48O4/c1-3-5-6-7-8-9-10-11-12-13-14-15-16-17-18-19-20-21-24(26(28)29)23-25(27)30-22-4-2/h14-15,24H,3-13,16-23H2,1-2H3,(H,28,29)/b15-14+. The van der Waals surface area contributed by atoms with Crippen molar-refractivity contribution in [3.8, 4) is 0 Å². The van der Waals surface area contributed by atoms with E-state index in [0.717, 1.165) is 38.5 Å². The fourth-order valence-corrected chi connectivity index (χ4v) is 3.60. The van der Waals surface area contributed by atoms with Crippen molar-refractivity contribution in [1.82, 2.24) is 0 Å². The summed E-state index contributed by atoms with van der Waals surface area (Å²) in [6.45, 7) is 4.56. The predicted octanol–water partition coefficient (Wildman–Crippen LogP) is 7.85. The molecule has 30 heavy (non-hydrogen) atoms. The first-order chi connectivity index (χ1) is 14.6. The van der Waals surface area contributed by atoms with Gasteiger partial charge < -0.3 is 9.84 Å². The molecule has 0 saturated carbocycles. The van der Waals surface area contributed by atoms with Gasteiger partial charge in [-0.25, -0.2) is 0 Å². The maximum atomic E-state index is 11.6. The number of hydrogen-bond acceptors (Lipinski definition) is 3. The molecular weight excluding hydrogens is 376 g/mol. The predicted molar refractivity (Wildman–Crippen MR) is 126 cm³/mol. The lowest BCUT2D eigenvalue weighted by atomic mass is 9.97. The van der Waals surface area contributed by atoms with E-state index in [-0.39, 0.29) is 12.4 Å². The van der Waals surface area contributed by atoms with Crippen LogP contribution in [0.3, 0.4) is 0 Å². The van der Waals surface area contributed by atoms with Gasteiger partial charge in [0.2, 0.25) is 0 Å². The van der Waals surface area contributed by atoms with E-state index in [1.165, 1.54) is 64.2 Å². The van der Waals surface area contributed by atoms with Gasteiger partial charge in [-0.3, -0.25) is 9.59 Å². The number of aliphatic carboxylic acids is 1. The van der Waals surface area contributed by atoms with Crippen LogP contribution in [-0.2, 0) is 14.3 Å². The fourth-order valence-electron chi connectivity index (χ4n) is 3.60. The number of ether oxygens (including phenoxy) is 1. The highest BCUT2D eigenvalue weighted by molar-refractivity contribution is 5.78. The van der Waals surface area contributed by atoms with Crippen molar-refractivity contribution in [2.75, 3.05) is 6.61 Å². The molecule has 0 rings (SSSR count). The van der Waals surface area contributed by atoms with Crippen LogP contribution in [0, 0.1) is 5.92 Å². The number of allylic oxidation sites excluding steroid dienone is 2. The first kappa shape index (κ1) is 28.7. The summed E-state index contributed by atoms with van der Waals surface area (Å²) in [5.41, 5.74) is 0. The second kappa shape index (κ2) is 22.4. The molecule has 0 amide bonds. The van der Waals surface area contributed by atoms with E-state index in [1.807, 2.05) is 6.92 Å². The molecule has 0 fully saturated rings. The third-order valence-corrected chi connectivity index (χ3v) is 5.54. The lowest BCUT2D eigenvalue weighted by molar-refractivity contribution is -0.151. The molecule has 0 saturated heterocycles. The fraction of sp³-hybridized carbons (Fsp3) is 0.846. The highest BCUT2D eigenvalue weighted by Crippen LogP contribution is 2.16. The molecule has 0 aromatic rings. The van der Waals surface area contributed by atoms with Gasteiger partial charge in [-0.2, -0.15) is 0 Å². The molecule has 0 aliphatic rings. The Bertz CT molecular complexity index is 431. The number of esters is 1. The topological polar surface area (TPSA) is 63.6 Å². The van der Waals surface area contributed by atoms with Crippen LogP contribution >= 0.6 is 0 Å². The quantitative estimate of drug-likeness (QED) is 0.109. The zero-order chi connectivity index (χ0) is 22.3. The number of carbonyl (C=O) groups is 2. The Kier molecular flexibility index (Phi) is 21.4. The number of unbranched alkanes of at least 4 members (excludes halogenated alkanes) is 13. The van der Waals surface area contributed by atoms with Gasteiger partial charge in [0.15, 0.2) is 0 Å². The average molecular weight is 425 g/mol. The van der Waals surface area contributed by atoms with E-state index in [9.17, 15) is 14.7 Å². The summed E-state index contributed by atoms with van der Waals surface area (Å²) in [5, 5.41) is 9.27. The molecule has 1 unspecified atom stereocenters. The average Bonchev–Trinajstić information content (AvgIpc) is 2.73. The second-order valence-electron chi connectivity index (χ2n) is 8.54. The highest BCUT2D eigenvalue weighted by Gasteiger charge is 2.21. The molecule has 0 radical (unpaired) electrons. The molecule has 1 atom stereocenters. The van der Waals surface area contributed by atoms with Crippen molar-refractivity contribution in [1.29, 1.82) is 0 Å². The molecule has 176 valence electrons. The number of rotatable bonds is 22. The first-order valence-electron chi connectivity index (χ1n) is 12.6. The summed E-state index contributed by atoms with van der Waals surface area (Å²) in [6.07, 6.45) is 24.8. The van der Waals surface area contributed by atoms with Crippen molar-refractivity contribution in [2.24, 2.45) is 5.92 Å². The van der Waals surface area contributed by atoms with E-state index in [1.54, 1.807) is 0 Å². The van der Waals surface area contributed by atoms with Crippen molar-refractivity contribution in [2.45, 2.75) is 129 Å². The van der Waals surface area contributed by atoms with E-state index in [2.05, 4.69) is 19.1 Å². The van der Waals surface area contributed by atoms with Crippen LogP contribution in [0.15, 0.2) is 12.2 Å². The minimum absolute atomic E-state index is 0.00305. The van der Waals surface area contributed by atoms with Gasteiger partial charge in [-0.05, 0) is 38.5 Å². The van der Waals surface area contributed by atoms with Crippen LogP contribution in [0.25, 0.3) is 0 Å². The Morgan fingerprint density at radius 3 is 1.73 bits per heavy atom. The summed E-state index contributed by atoms with van der Waals surface area (Å²) >= 11 is 0. The van der Waals surface area contributed by atoms with Crippen LogP contribution in [-0.4, -0.2) is 23.7 Å². The maximum absolute atomic E-state index is 11.6. The van der Waals surface area contributed by atoms with Crippen molar-refractivity contribution in [3.05, 3.63) is 12.2 Å². The molecule has 0 aliphatic heterocycles. The largest absolute Gasteiger partial charge is 0.481 e. The molecular formula is C26H48O4. The van der Waals surface area contributed by atoms with Gasteiger partial charge in [0.05, 0.1) is 18.9 Å². The van der Waals surface area contributed by atoms with Gasteiger partial charge in [-0.15, -0.1) is 0 Å². The molecule has 0 heterocycles. The van der Waals surface area contributed by atoms with Gasteiger partial charge >= 0.3 is 11.9 Å². The summed E-state index contributed by atoms with van der Waals surface area (Å²) in [4.78, 5) is 22.9. The minimum Gasteiger partial charge on any atom is -0.481 e. The number of carbonyl (C=O) groups excluding carboxylic acids is 1. The third kappa shape index (κ3) is 20.0. The molecule has 0 aromatic heterocycles. The van der Waals surface area contributed by atoms with Crippen LogP contribution in [0.1, 0.15) is 129 Å². The number of carboxylic acids is 1. The monoisotopic (exact) mass is 424 g/mol. The molecule has 4 heteroatoms. The van der Waals surface area contributed by atoms with Crippen LogP contribution in [0.4, 0.5) is 0 Å². The SMILES string of the molecule is CCCCCCCCCCC/C=C/CCCCCCC(CC(=O)OCCC)C(=O)O. The lowest BCUT2D eigenvalue weighted by Gasteiger charge is -2.11. The Hall–Kier alpha value is -1.32. The Labute approximate surface area is 185 Å². The Balaban J connectivity index is 3.50. The van der Waals surface area contributed by atoms with E-state index < -0.39 is 11.9 Å². The van der Waals surface area contributed by atoms with Gasteiger partial charge in [-0.1, -0.05) is 96.6 Å². The molecule has 0 spiro atoms. The Morgan fingerprint density at radius 2 is 1.23 bits per heavy atom. The Morgan fingerprint density at radius 1 is 0.733 bits per heavy atom.